The van der Waals surface area contributed by atoms with Gasteiger partial charge in [0.25, 0.3) is 5.91 Å². The van der Waals surface area contributed by atoms with Crippen LogP contribution in [0.2, 0.25) is 0 Å². The molecule has 2 aromatic rings. The number of aryl methyl sites for hydroxylation is 2. The molecule has 0 radical (unpaired) electrons. The lowest BCUT2D eigenvalue weighted by atomic mass is 10.2. The molecule has 0 aromatic heterocycles. The highest BCUT2D eigenvalue weighted by Gasteiger charge is 2.17. The van der Waals surface area contributed by atoms with Crippen molar-refractivity contribution < 1.29 is 22.7 Å². The number of rotatable bonds is 9. The minimum atomic E-state index is -3.72. The molecule has 2 aromatic carbocycles. The van der Waals surface area contributed by atoms with Gasteiger partial charge < -0.3 is 10.1 Å². The molecule has 28 heavy (non-hydrogen) atoms. The highest BCUT2D eigenvalue weighted by molar-refractivity contribution is 7.89. The standard InChI is InChI=1S/C20H24N2O5S/c1-15-8-9-16(2)18(12-15)28(25,26)22-11-10-20(24)27-14-19(23)21-13-17-6-4-3-5-7-17/h3-9,12,22H,10-11,13-14H2,1-2H3,(H,21,23). The molecule has 0 bridgehead atoms. The monoisotopic (exact) mass is 404 g/mol. The maximum absolute atomic E-state index is 12.3. The summed E-state index contributed by atoms with van der Waals surface area (Å²) in [4.78, 5) is 23.6. The summed E-state index contributed by atoms with van der Waals surface area (Å²) in [5.41, 5.74) is 2.38. The fourth-order valence-corrected chi connectivity index (χ4v) is 3.79. The predicted molar refractivity (Wildman–Crippen MR) is 105 cm³/mol. The van der Waals surface area contributed by atoms with Crippen LogP contribution in [0.1, 0.15) is 23.1 Å². The fraction of sp³-hybridized carbons (Fsp3) is 0.300. The molecule has 2 rings (SSSR count). The van der Waals surface area contributed by atoms with Crippen molar-refractivity contribution in [2.45, 2.75) is 31.7 Å². The quantitative estimate of drug-likeness (QED) is 0.621. The molecular weight excluding hydrogens is 380 g/mol. The second-order valence-electron chi connectivity index (χ2n) is 6.34. The Balaban J connectivity index is 1.72. The van der Waals surface area contributed by atoms with Gasteiger partial charge in [-0.1, -0.05) is 42.5 Å². The van der Waals surface area contributed by atoms with Crippen molar-refractivity contribution in [1.82, 2.24) is 10.0 Å². The summed E-state index contributed by atoms with van der Waals surface area (Å²) in [6, 6.07) is 14.5. The Hall–Kier alpha value is -2.71. The van der Waals surface area contributed by atoms with Crippen LogP contribution in [0.25, 0.3) is 0 Å². The number of hydrogen-bond donors (Lipinski definition) is 2. The van der Waals surface area contributed by atoms with E-state index >= 15 is 0 Å². The van der Waals surface area contributed by atoms with Crippen molar-refractivity contribution in [3.05, 3.63) is 65.2 Å². The van der Waals surface area contributed by atoms with Crippen LogP contribution in [-0.2, 0) is 30.9 Å². The normalized spacial score (nSPS) is 11.1. The van der Waals surface area contributed by atoms with Gasteiger partial charge in [-0.15, -0.1) is 0 Å². The highest BCUT2D eigenvalue weighted by Crippen LogP contribution is 2.16. The van der Waals surface area contributed by atoms with E-state index in [2.05, 4.69) is 10.0 Å². The van der Waals surface area contributed by atoms with Crippen LogP contribution in [0.5, 0.6) is 0 Å². The molecule has 0 spiro atoms. The SMILES string of the molecule is Cc1ccc(C)c(S(=O)(=O)NCCC(=O)OCC(=O)NCc2ccccc2)c1. The van der Waals surface area contributed by atoms with E-state index in [0.29, 0.717) is 12.1 Å². The number of carbonyl (C=O) groups excluding carboxylic acids is 2. The van der Waals surface area contributed by atoms with Gasteiger partial charge in [-0.2, -0.15) is 0 Å². The van der Waals surface area contributed by atoms with Gasteiger partial charge in [-0.3, -0.25) is 9.59 Å². The number of hydrogen-bond acceptors (Lipinski definition) is 5. The third kappa shape index (κ3) is 6.79. The minimum absolute atomic E-state index is 0.111. The number of ether oxygens (including phenoxy) is 1. The minimum Gasteiger partial charge on any atom is -0.456 e. The summed E-state index contributed by atoms with van der Waals surface area (Å²) < 4.78 is 31.9. The van der Waals surface area contributed by atoms with Crippen LogP contribution in [0.15, 0.2) is 53.4 Å². The van der Waals surface area contributed by atoms with Gasteiger partial charge in [-0.25, -0.2) is 13.1 Å². The van der Waals surface area contributed by atoms with Crippen LogP contribution in [0.4, 0.5) is 0 Å². The lowest BCUT2D eigenvalue weighted by Gasteiger charge is -2.10. The second kappa shape index (κ2) is 10.0. The first-order valence-electron chi connectivity index (χ1n) is 8.81. The van der Waals surface area contributed by atoms with Crippen LogP contribution in [0, 0.1) is 13.8 Å². The maximum atomic E-state index is 12.3. The van der Waals surface area contributed by atoms with Gasteiger partial charge in [0, 0.05) is 13.1 Å². The maximum Gasteiger partial charge on any atom is 0.307 e. The lowest BCUT2D eigenvalue weighted by Crippen LogP contribution is -2.30. The average Bonchev–Trinajstić information content (AvgIpc) is 2.67. The Morgan fingerprint density at radius 3 is 2.46 bits per heavy atom. The molecular formula is C20H24N2O5S. The van der Waals surface area contributed by atoms with E-state index in [9.17, 15) is 18.0 Å². The van der Waals surface area contributed by atoms with Gasteiger partial charge in [0.15, 0.2) is 6.61 Å². The number of nitrogens with one attached hydrogen (secondary N) is 2. The Morgan fingerprint density at radius 2 is 1.75 bits per heavy atom. The Morgan fingerprint density at radius 1 is 1.04 bits per heavy atom. The van der Waals surface area contributed by atoms with E-state index < -0.39 is 28.5 Å². The Kier molecular flexibility index (Phi) is 7.71. The third-order valence-corrected chi connectivity index (χ3v) is 5.55. The zero-order chi connectivity index (χ0) is 20.6. The summed E-state index contributed by atoms with van der Waals surface area (Å²) in [5, 5.41) is 2.64. The van der Waals surface area contributed by atoms with E-state index in [1.807, 2.05) is 36.4 Å². The first-order valence-corrected chi connectivity index (χ1v) is 10.3. The largest absolute Gasteiger partial charge is 0.456 e. The summed E-state index contributed by atoms with van der Waals surface area (Å²) in [7, 11) is -3.72. The van der Waals surface area contributed by atoms with Gasteiger partial charge in [-0.05, 0) is 36.6 Å². The van der Waals surface area contributed by atoms with E-state index in [1.54, 1.807) is 26.0 Å². The second-order valence-corrected chi connectivity index (χ2v) is 8.08. The lowest BCUT2D eigenvalue weighted by molar-refractivity contribution is -0.148. The zero-order valence-electron chi connectivity index (χ0n) is 15.9. The predicted octanol–water partition coefficient (Wildman–Crippen LogP) is 1.83. The Bertz CT molecular complexity index is 927. The zero-order valence-corrected chi connectivity index (χ0v) is 16.7. The van der Waals surface area contributed by atoms with Gasteiger partial charge in [0.1, 0.15) is 0 Å². The van der Waals surface area contributed by atoms with Crippen molar-refractivity contribution in [1.29, 1.82) is 0 Å². The molecule has 0 saturated carbocycles. The molecule has 7 nitrogen and oxygen atoms in total. The van der Waals surface area contributed by atoms with Gasteiger partial charge in [0.2, 0.25) is 10.0 Å². The van der Waals surface area contributed by atoms with Gasteiger partial charge >= 0.3 is 5.97 Å². The summed E-state index contributed by atoms with van der Waals surface area (Å²) >= 11 is 0. The summed E-state index contributed by atoms with van der Waals surface area (Å²) in [5.74, 6) is -1.08. The van der Waals surface area contributed by atoms with Crippen molar-refractivity contribution >= 4 is 21.9 Å². The van der Waals surface area contributed by atoms with Crippen LogP contribution >= 0.6 is 0 Å². The van der Waals surface area contributed by atoms with Crippen molar-refractivity contribution in [3.63, 3.8) is 0 Å². The molecule has 2 N–H and O–H groups in total. The molecule has 0 aliphatic heterocycles. The smallest absolute Gasteiger partial charge is 0.307 e. The number of benzene rings is 2. The van der Waals surface area contributed by atoms with Crippen molar-refractivity contribution in [2.75, 3.05) is 13.2 Å². The molecule has 8 heteroatoms. The number of sulfonamides is 1. The fourth-order valence-electron chi connectivity index (χ4n) is 2.43. The van der Waals surface area contributed by atoms with Crippen LogP contribution in [0.3, 0.4) is 0 Å². The van der Waals surface area contributed by atoms with E-state index in [1.165, 1.54) is 0 Å². The third-order valence-electron chi connectivity index (χ3n) is 3.95. The molecule has 0 atom stereocenters. The Labute approximate surface area is 165 Å². The summed E-state index contributed by atoms with van der Waals surface area (Å²) in [6.45, 7) is 3.33. The average molecular weight is 404 g/mol. The molecule has 0 aliphatic carbocycles. The van der Waals surface area contributed by atoms with E-state index in [0.717, 1.165) is 11.1 Å². The molecule has 150 valence electrons. The number of carbonyl (C=O) groups is 2. The molecule has 0 heterocycles. The highest BCUT2D eigenvalue weighted by atomic mass is 32.2. The molecule has 0 unspecified atom stereocenters. The van der Waals surface area contributed by atoms with Crippen LogP contribution < -0.4 is 10.0 Å². The van der Waals surface area contributed by atoms with Crippen molar-refractivity contribution in [2.24, 2.45) is 0 Å². The number of amides is 1. The van der Waals surface area contributed by atoms with E-state index in [-0.39, 0.29) is 17.9 Å². The molecule has 0 aliphatic rings. The number of esters is 1. The van der Waals surface area contributed by atoms with Crippen LogP contribution in [-0.4, -0.2) is 33.4 Å². The molecule has 0 fully saturated rings. The van der Waals surface area contributed by atoms with E-state index in [4.69, 9.17) is 4.74 Å². The summed E-state index contributed by atoms with van der Waals surface area (Å²) in [6.07, 6.45) is -0.171. The first kappa shape index (κ1) is 21.6. The first-order chi connectivity index (χ1) is 13.3. The molecule has 0 saturated heterocycles. The van der Waals surface area contributed by atoms with Crippen molar-refractivity contribution in [3.8, 4) is 0 Å². The van der Waals surface area contributed by atoms with Gasteiger partial charge in [0.05, 0.1) is 11.3 Å². The topological polar surface area (TPSA) is 102 Å². The molecule has 1 amide bonds.